The van der Waals surface area contributed by atoms with Gasteiger partial charge in [-0.05, 0) is 31.0 Å². The second-order valence-electron chi connectivity index (χ2n) is 5.10. The molecule has 1 aromatic rings. The summed E-state index contributed by atoms with van der Waals surface area (Å²) in [5, 5.41) is 8.86. The first-order valence-electron chi connectivity index (χ1n) is 6.59. The van der Waals surface area contributed by atoms with E-state index in [-0.39, 0.29) is 31.5 Å². The fraction of sp³-hybridized carbons (Fsp3) is 0.429. The average molecular weight is 319 g/mol. The zero-order valence-electron chi connectivity index (χ0n) is 11.4. The summed E-state index contributed by atoms with van der Waals surface area (Å²) in [7, 11) is 0. The predicted octanol–water partition coefficient (Wildman–Crippen LogP) is 2.78. The number of carboxylic acid groups (broad SMARTS) is 1. The van der Waals surface area contributed by atoms with E-state index >= 15 is 0 Å². The Labute approximate surface area is 123 Å². The van der Waals surface area contributed by atoms with Gasteiger partial charge in [0.05, 0.1) is 11.5 Å². The summed E-state index contributed by atoms with van der Waals surface area (Å²) in [6.45, 7) is 0.358. The summed E-state index contributed by atoms with van der Waals surface area (Å²) >= 11 is 0. The molecule has 0 aliphatic carbocycles. The summed E-state index contributed by atoms with van der Waals surface area (Å²) in [6.07, 6.45) is -4.28. The number of halogens is 4. The van der Waals surface area contributed by atoms with Gasteiger partial charge in [0.2, 0.25) is 0 Å². The molecule has 120 valence electrons. The molecule has 1 amide bonds. The first kappa shape index (κ1) is 16.3. The lowest BCUT2D eigenvalue weighted by Crippen LogP contribution is -2.40. The van der Waals surface area contributed by atoms with Crippen LogP contribution in [0.25, 0.3) is 0 Å². The molecule has 0 bridgehead atoms. The lowest BCUT2D eigenvalue weighted by molar-refractivity contribution is -0.143. The molecule has 0 radical (unpaired) electrons. The molecule has 1 aliphatic heterocycles. The number of carbonyl (C=O) groups excluding carboxylic acids is 1. The van der Waals surface area contributed by atoms with Crippen molar-refractivity contribution < 1.29 is 32.3 Å². The Kier molecular flexibility index (Phi) is 4.39. The minimum atomic E-state index is -4.81. The quantitative estimate of drug-likeness (QED) is 0.853. The second-order valence-corrected chi connectivity index (χ2v) is 5.10. The molecule has 1 heterocycles. The van der Waals surface area contributed by atoms with E-state index < -0.39 is 35.4 Å². The molecule has 1 aromatic carbocycles. The maximum Gasteiger partial charge on any atom is 0.419 e. The second kappa shape index (κ2) is 5.94. The summed E-state index contributed by atoms with van der Waals surface area (Å²) in [5.74, 6) is -3.57. The molecule has 0 aromatic heterocycles. The van der Waals surface area contributed by atoms with E-state index in [1.165, 1.54) is 4.90 Å². The molecule has 0 saturated carbocycles. The lowest BCUT2D eigenvalue weighted by Gasteiger charge is -2.30. The van der Waals surface area contributed by atoms with Crippen molar-refractivity contribution in [2.75, 3.05) is 13.1 Å². The first-order valence-corrected chi connectivity index (χ1v) is 6.59. The fourth-order valence-electron chi connectivity index (χ4n) is 2.39. The van der Waals surface area contributed by atoms with Crippen LogP contribution in [0, 0.1) is 11.7 Å². The van der Waals surface area contributed by atoms with Gasteiger partial charge in [-0.1, -0.05) is 0 Å². The minimum absolute atomic E-state index is 0.179. The zero-order chi connectivity index (χ0) is 16.5. The van der Waals surface area contributed by atoms with Crippen molar-refractivity contribution in [1.82, 2.24) is 4.90 Å². The lowest BCUT2D eigenvalue weighted by atomic mass is 9.96. The number of alkyl halides is 3. The summed E-state index contributed by atoms with van der Waals surface area (Å²) in [4.78, 5) is 24.3. The van der Waals surface area contributed by atoms with Crippen molar-refractivity contribution in [3.8, 4) is 0 Å². The van der Waals surface area contributed by atoms with E-state index in [4.69, 9.17) is 5.11 Å². The van der Waals surface area contributed by atoms with E-state index in [2.05, 4.69) is 0 Å². The van der Waals surface area contributed by atoms with Crippen LogP contribution in [0.1, 0.15) is 28.8 Å². The van der Waals surface area contributed by atoms with E-state index in [1.54, 1.807) is 0 Å². The monoisotopic (exact) mass is 319 g/mol. The number of likely N-dealkylation sites (tertiary alicyclic amines) is 1. The SMILES string of the molecule is O=C(O)C1CCN(C(=O)c2ccc(C(F)(F)F)c(F)c2)CC1. The number of piperidine rings is 1. The van der Waals surface area contributed by atoms with Gasteiger partial charge >= 0.3 is 12.1 Å². The number of carbonyl (C=O) groups is 2. The van der Waals surface area contributed by atoms with Crippen molar-refractivity contribution in [3.63, 3.8) is 0 Å². The molecule has 2 rings (SSSR count). The van der Waals surface area contributed by atoms with Crippen molar-refractivity contribution >= 4 is 11.9 Å². The Balaban J connectivity index is 2.11. The van der Waals surface area contributed by atoms with Gasteiger partial charge in [0.25, 0.3) is 5.91 Å². The molecule has 4 nitrogen and oxygen atoms in total. The number of hydrogen-bond acceptors (Lipinski definition) is 2. The molecule has 1 aliphatic rings. The predicted molar refractivity (Wildman–Crippen MR) is 67.7 cm³/mol. The van der Waals surface area contributed by atoms with Gasteiger partial charge < -0.3 is 10.0 Å². The molecule has 22 heavy (non-hydrogen) atoms. The molecule has 8 heteroatoms. The Bertz CT molecular complexity index is 592. The third kappa shape index (κ3) is 3.37. The summed E-state index contributed by atoms with van der Waals surface area (Å²) in [6, 6.07) is 2.03. The van der Waals surface area contributed by atoms with E-state index in [9.17, 15) is 27.2 Å². The number of benzene rings is 1. The van der Waals surface area contributed by atoms with Crippen LogP contribution in [0.4, 0.5) is 17.6 Å². The van der Waals surface area contributed by atoms with Gasteiger partial charge in [-0.15, -0.1) is 0 Å². The largest absolute Gasteiger partial charge is 0.481 e. The molecule has 0 spiro atoms. The zero-order valence-corrected chi connectivity index (χ0v) is 11.4. The molecule has 1 fully saturated rings. The number of nitrogens with zero attached hydrogens (tertiary/aromatic N) is 1. The smallest absolute Gasteiger partial charge is 0.419 e. The van der Waals surface area contributed by atoms with E-state index in [0.29, 0.717) is 12.1 Å². The summed E-state index contributed by atoms with van der Waals surface area (Å²) < 4.78 is 50.9. The number of carboxylic acids is 1. The third-order valence-corrected chi connectivity index (χ3v) is 3.65. The van der Waals surface area contributed by atoms with Gasteiger partial charge in [-0.3, -0.25) is 9.59 Å². The Morgan fingerprint density at radius 1 is 1.18 bits per heavy atom. The average Bonchev–Trinajstić information content (AvgIpc) is 2.45. The molecule has 1 N–H and O–H groups in total. The van der Waals surface area contributed by atoms with Crippen LogP contribution in [0.5, 0.6) is 0 Å². The van der Waals surface area contributed by atoms with Gasteiger partial charge in [0.1, 0.15) is 5.82 Å². The van der Waals surface area contributed by atoms with Crippen LogP contribution < -0.4 is 0 Å². The Morgan fingerprint density at radius 3 is 2.23 bits per heavy atom. The number of rotatable bonds is 2. The highest BCUT2D eigenvalue weighted by Gasteiger charge is 2.35. The molecule has 1 saturated heterocycles. The van der Waals surface area contributed by atoms with Crippen LogP contribution in [0.2, 0.25) is 0 Å². The Hall–Kier alpha value is -2.12. The van der Waals surface area contributed by atoms with Crippen molar-refractivity contribution in [2.45, 2.75) is 19.0 Å². The standard InChI is InChI=1S/C14H13F4NO3/c15-11-7-9(1-2-10(11)14(16,17)18)12(20)19-5-3-8(4-6-19)13(21)22/h1-2,7-8H,3-6H2,(H,21,22). The number of aliphatic carboxylic acids is 1. The minimum Gasteiger partial charge on any atom is -0.481 e. The topological polar surface area (TPSA) is 57.6 Å². The maximum absolute atomic E-state index is 13.5. The number of amides is 1. The van der Waals surface area contributed by atoms with E-state index in [1.807, 2.05) is 0 Å². The highest BCUT2D eigenvalue weighted by Crippen LogP contribution is 2.32. The van der Waals surface area contributed by atoms with Crippen LogP contribution in [0.3, 0.4) is 0 Å². The van der Waals surface area contributed by atoms with Gasteiger partial charge in [-0.25, -0.2) is 4.39 Å². The summed E-state index contributed by atoms with van der Waals surface area (Å²) in [5.41, 5.74) is -1.60. The highest BCUT2D eigenvalue weighted by molar-refractivity contribution is 5.94. The van der Waals surface area contributed by atoms with Crippen LogP contribution in [0.15, 0.2) is 18.2 Å². The molecular formula is C14H13F4NO3. The Morgan fingerprint density at radius 2 is 1.77 bits per heavy atom. The van der Waals surface area contributed by atoms with Crippen molar-refractivity contribution in [1.29, 1.82) is 0 Å². The number of hydrogen-bond donors (Lipinski definition) is 1. The molecule has 0 unspecified atom stereocenters. The molecule has 0 atom stereocenters. The van der Waals surface area contributed by atoms with Gasteiger partial charge in [0, 0.05) is 18.7 Å². The van der Waals surface area contributed by atoms with Crippen LogP contribution >= 0.6 is 0 Å². The normalized spacial score (nSPS) is 16.6. The van der Waals surface area contributed by atoms with Crippen LogP contribution in [-0.2, 0) is 11.0 Å². The van der Waals surface area contributed by atoms with Gasteiger partial charge in [-0.2, -0.15) is 13.2 Å². The van der Waals surface area contributed by atoms with E-state index in [0.717, 1.165) is 6.07 Å². The van der Waals surface area contributed by atoms with Crippen LogP contribution in [-0.4, -0.2) is 35.0 Å². The maximum atomic E-state index is 13.5. The third-order valence-electron chi connectivity index (χ3n) is 3.65. The van der Waals surface area contributed by atoms with Crippen molar-refractivity contribution in [3.05, 3.63) is 35.1 Å². The molecular weight excluding hydrogens is 306 g/mol. The highest BCUT2D eigenvalue weighted by atomic mass is 19.4. The fourth-order valence-corrected chi connectivity index (χ4v) is 2.39. The first-order chi connectivity index (χ1) is 10.2. The van der Waals surface area contributed by atoms with Crippen molar-refractivity contribution in [2.24, 2.45) is 5.92 Å². The van der Waals surface area contributed by atoms with Gasteiger partial charge in [0.15, 0.2) is 0 Å².